The fraction of sp³-hybridized carbons (Fsp3) is 0.455. The van der Waals surface area contributed by atoms with Crippen molar-refractivity contribution in [1.82, 2.24) is 16.0 Å². The summed E-state index contributed by atoms with van der Waals surface area (Å²) in [7, 11) is 0. The van der Waals surface area contributed by atoms with Gasteiger partial charge in [0.05, 0.1) is 12.8 Å². The number of benzene rings is 1. The Morgan fingerprint density at radius 3 is 2.66 bits per heavy atom. The van der Waals surface area contributed by atoms with Crippen molar-refractivity contribution < 1.29 is 9.21 Å². The van der Waals surface area contributed by atoms with Crippen LogP contribution in [-0.4, -0.2) is 38.0 Å². The number of hydrogen-bond donors (Lipinski definition) is 3. The summed E-state index contributed by atoms with van der Waals surface area (Å²) in [5.74, 6) is 1.00. The highest BCUT2D eigenvalue weighted by atomic mass is 35.5. The third-order valence-electron chi connectivity index (χ3n) is 5.17. The van der Waals surface area contributed by atoms with E-state index in [1.165, 1.54) is 11.8 Å². The fourth-order valence-corrected chi connectivity index (χ4v) is 3.45. The maximum Gasteiger partial charge on any atom is 0.287 e. The minimum Gasteiger partial charge on any atom is -0.459 e. The number of rotatable bonds is 9. The Morgan fingerprint density at radius 2 is 2.00 bits per heavy atom. The number of guanidine groups is 1. The van der Waals surface area contributed by atoms with Crippen molar-refractivity contribution in [2.75, 3.05) is 26.2 Å². The summed E-state index contributed by atoms with van der Waals surface area (Å²) >= 11 is 6.16. The highest BCUT2D eigenvalue weighted by Gasteiger charge is 2.44. The van der Waals surface area contributed by atoms with Crippen LogP contribution in [0, 0.1) is 6.92 Å². The van der Waals surface area contributed by atoms with Crippen LogP contribution in [0.25, 0.3) is 0 Å². The summed E-state index contributed by atoms with van der Waals surface area (Å²) < 4.78 is 5.20. The van der Waals surface area contributed by atoms with Crippen LogP contribution in [0.1, 0.15) is 47.9 Å². The van der Waals surface area contributed by atoms with E-state index in [1.807, 2.05) is 32.0 Å². The molecule has 0 saturated heterocycles. The second kappa shape index (κ2) is 9.83. The number of halogens is 1. The predicted octanol–water partition coefficient (Wildman–Crippen LogP) is 3.65. The van der Waals surface area contributed by atoms with Crippen LogP contribution in [0.3, 0.4) is 0 Å². The van der Waals surface area contributed by atoms with E-state index < -0.39 is 0 Å². The van der Waals surface area contributed by atoms with Crippen molar-refractivity contribution in [3.8, 4) is 0 Å². The van der Waals surface area contributed by atoms with Gasteiger partial charge in [0.2, 0.25) is 0 Å². The van der Waals surface area contributed by atoms with Crippen molar-refractivity contribution >= 4 is 23.5 Å². The quantitative estimate of drug-likeness (QED) is 0.331. The Hall–Kier alpha value is -2.47. The Labute approximate surface area is 177 Å². The van der Waals surface area contributed by atoms with Gasteiger partial charge in [-0.15, -0.1) is 0 Å². The molecule has 29 heavy (non-hydrogen) atoms. The Balaban J connectivity index is 1.45. The minimum absolute atomic E-state index is 0.113. The van der Waals surface area contributed by atoms with Gasteiger partial charge in [-0.1, -0.05) is 23.7 Å². The number of carbonyl (C=O) groups excluding carboxylic acids is 1. The lowest BCUT2D eigenvalue weighted by Gasteiger charge is -2.16. The van der Waals surface area contributed by atoms with Crippen LogP contribution in [-0.2, 0) is 5.41 Å². The fourth-order valence-electron chi connectivity index (χ4n) is 3.26. The van der Waals surface area contributed by atoms with Gasteiger partial charge in [0.25, 0.3) is 5.91 Å². The molecule has 1 aliphatic rings. The molecule has 3 rings (SSSR count). The summed E-state index contributed by atoms with van der Waals surface area (Å²) in [6.07, 6.45) is 4.58. The van der Waals surface area contributed by atoms with Gasteiger partial charge >= 0.3 is 0 Å². The molecular weight excluding hydrogens is 388 g/mol. The molecule has 0 bridgehead atoms. The zero-order chi connectivity index (χ0) is 20.7. The van der Waals surface area contributed by atoms with Crippen LogP contribution >= 0.6 is 11.6 Å². The second-order valence-corrected chi connectivity index (χ2v) is 7.89. The van der Waals surface area contributed by atoms with E-state index >= 15 is 0 Å². The Kier molecular flexibility index (Phi) is 7.20. The molecule has 0 spiro atoms. The predicted molar refractivity (Wildman–Crippen MR) is 117 cm³/mol. The van der Waals surface area contributed by atoms with Gasteiger partial charge in [-0.25, -0.2) is 0 Å². The highest BCUT2D eigenvalue weighted by molar-refractivity contribution is 6.30. The first kappa shape index (κ1) is 21.2. The maximum atomic E-state index is 12.0. The van der Waals surface area contributed by atoms with Gasteiger partial charge in [0, 0.05) is 35.6 Å². The number of amides is 1. The Bertz CT molecular complexity index is 858. The first-order chi connectivity index (χ1) is 14.0. The number of nitrogens with zero attached hydrogens (tertiary/aromatic N) is 1. The Morgan fingerprint density at radius 1 is 1.21 bits per heavy atom. The third kappa shape index (κ3) is 5.76. The number of carbonyl (C=O) groups is 1. The molecule has 0 aliphatic heterocycles. The lowest BCUT2D eigenvalue weighted by Crippen LogP contribution is -2.39. The van der Waals surface area contributed by atoms with E-state index in [0.29, 0.717) is 18.8 Å². The maximum absolute atomic E-state index is 12.0. The van der Waals surface area contributed by atoms with Crippen molar-refractivity contribution in [1.29, 1.82) is 0 Å². The molecule has 0 unspecified atom stereocenters. The summed E-state index contributed by atoms with van der Waals surface area (Å²) in [4.78, 5) is 16.8. The molecule has 0 radical (unpaired) electrons. The van der Waals surface area contributed by atoms with Gasteiger partial charge in [-0.2, -0.15) is 0 Å². The van der Waals surface area contributed by atoms with Gasteiger partial charge in [-0.3, -0.25) is 9.79 Å². The summed E-state index contributed by atoms with van der Waals surface area (Å²) in [6, 6.07) is 9.88. The molecule has 1 aromatic carbocycles. The molecule has 1 aliphatic carbocycles. The number of nitrogens with one attached hydrogen (secondary N) is 3. The molecule has 1 heterocycles. The number of aryl methyl sites for hydroxylation is 1. The van der Waals surface area contributed by atoms with E-state index in [-0.39, 0.29) is 11.3 Å². The van der Waals surface area contributed by atoms with Crippen molar-refractivity contribution in [3.05, 3.63) is 58.5 Å². The molecule has 1 saturated carbocycles. The average molecular weight is 417 g/mol. The highest BCUT2D eigenvalue weighted by Crippen LogP contribution is 2.48. The minimum atomic E-state index is -0.176. The summed E-state index contributed by atoms with van der Waals surface area (Å²) in [5.41, 5.74) is 2.22. The molecule has 156 valence electrons. The van der Waals surface area contributed by atoms with Gasteiger partial charge in [0.1, 0.15) is 0 Å². The van der Waals surface area contributed by atoms with Gasteiger partial charge in [-0.05, 0) is 56.9 Å². The van der Waals surface area contributed by atoms with E-state index in [0.717, 1.165) is 48.9 Å². The molecule has 7 heteroatoms. The van der Waals surface area contributed by atoms with Crippen LogP contribution in [0.5, 0.6) is 0 Å². The van der Waals surface area contributed by atoms with Crippen LogP contribution in [0.2, 0.25) is 5.02 Å². The van der Waals surface area contributed by atoms with Crippen molar-refractivity contribution in [2.24, 2.45) is 4.99 Å². The van der Waals surface area contributed by atoms with E-state index in [1.54, 1.807) is 6.07 Å². The first-order valence-corrected chi connectivity index (χ1v) is 10.5. The van der Waals surface area contributed by atoms with E-state index in [2.05, 4.69) is 22.0 Å². The molecule has 1 aromatic heterocycles. The first-order valence-electron chi connectivity index (χ1n) is 10.1. The zero-order valence-electron chi connectivity index (χ0n) is 17.1. The second-order valence-electron chi connectivity index (χ2n) is 7.45. The van der Waals surface area contributed by atoms with Crippen LogP contribution in [0.15, 0.2) is 46.0 Å². The smallest absolute Gasteiger partial charge is 0.287 e. The zero-order valence-corrected chi connectivity index (χ0v) is 17.8. The van der Waals surface area contributed by atoms with E-state index in [9.17, 15) is 4.79 Å². The number of furan rings is 1. The molecule has 1 fully saturated rings. The standard InChI is InChI=1S/C22H29ClN4O2/c1-3-24-21(26-12-5-11-25-20(28)19-16(2)8-13-29-19)27-15-22(9-10-22)17-6-4-7-18(23)14-17/h4,6-8,13-14H,3,5,9-12,15H2,1-2H3,(H,25,28)(H2,24,26,27). The molecule has 2 aromatic rings. The molecule has 0 atom stereocenters. The average Bonchev–Trinajstić information content (AvgIpc) is 3.38. The summed E-state index contributed by atoms with van der Waals surface area (Å²) in [6.45, 7) is 6.72. The van der Waals surface area contributed by atoms with Crippen molar-refractivity contribution in [3.63, 3.8) is 0 Å². The third-order valence-corrected chi connectivity index (χ3v) is 5.41. The SMILES string of the molecule is CCNC(=NCC1(c2cccc(Cl)c2)CC1)NCCCNC(=O)c1occc1C. The molecule has 6 nitrogen and oxygen atoms in total. The molecule has 3 N–H and O–H groups in total. The topological polar surface area (TPSA) is 78.7 Å². The van der Waals surface area contributed by atoms with Crippen LogP contribution in [0.4, 0.5) is 0 Å². The lowest BCUT2D eigenvalue weighted by atomic mass is 9.96. The van der Waals surface area contributed by atoms with Gasteiger partial charge in [0.15, 0.2) is 11.7 Å². The van der Waals surface area contributed by atoms with Crippen LogP contribution < -0.4 is 16.0 Å². The lowest BCUT2D eigenvalue weighted by molar-refractivity contribution is 0.0925. The number of aliphatic imine (C=N–C) groups is 1. The largest absolute Gasteiger partial charge is 0.459 e. The molecular formula is C22H29ClN4O2. The van der Waals surface area contributed by atoms with E-state index in [4.69, 9.17) is 21.0 Å². The molecule has 1 amide bonds. The normalized spacial score (nSPS) is 15.1. The number of hydrogen-bond acceptors (Lipinski definition) is 3. The van der Waals surface area contributed by atoms with Gasteiger partial charge < -0.3 is 20.4 Å². The monoisotopic (exact) mass is 416 g/mol. The van der Waals surface area contributed by atoms with Crippen molar-refractivity contribution in [2.45, 2.75) is 38.5 Å². The summed E-state index contributed by atoms with van der Waals surface area (Å²) in [5, 5.41) is 10.3.